The van der Waals surface area contributed by atoms with E-state index in [9.17, 15) is 0 Å². The molecular formula is C9H11N. The van der Waals surface area contributed by atoms with Gasteiger partial charge in [-0.05, 0) is 11.6 Å². The Morgan fingerprint density at radius 2 is 2.40 bits per heavy atom. The standard InChI is InChI=1S/C9H11N/c1-2-8-4-3-5-9(10)7-6-8/h2-6H,1,7,10H2. The first-order valence-corrected chi connectivity index (χ1v) is 3.28. The molecule has 1 nitrogen and oxygen atoms in total. The van der Waals surface area contributed by atoms with Crippen LogP contribution in [0.1, 0.15) is 6.42 Å². The van der Waals surface area contributed by atoms with Crippen LogP contribution in [0.3, 0.4) is 0 Å². The molecule has 0 heterocycles. The summed E-state index contributed by atoms with van der Waals surface area (Å²) in [5, 5.41) is 0. The highest BCUT2D eigenvalue weighted by molar-refractivity contribution is 5.35. The molecule has 0 bridgehead atoms. The summed E-state index contributed by atoms with van der Waals surface area (Å²) in [5.74, 6) is 0. The smallest absolute Gasteiger partial charge is 0.0119 e. The maximum absolute atomic E-state index is 5.58. The predicted molar refractivity (Wildman–Crippen MR) is 44.3 cm³/mol. The molecule has 1 aliphatic rings. The second-order valence-electron chi connectivity index (χ2n) is 2.21. The average Bonchev–Trinajstić information content (AvgIpc) is 2.14. The molecule has 0 spiro atoms. The van der Waals surface area contributed by atoms with Gasteiger partial charge in [-0.2, -0.15) is 0 Å². The zero-order valence-electron chi connectivity index (χ0n) is 5.88. The van der Waals surface area contributed by atoms with Crippen molar-refractivity contribution in [3.8, 4) is 0 Å². The molecule has 0 saturated carbocycles. The molecule has 10 heavy (non-hydrogen) atoms. The van der Waals surface area contributed by atoms with Crippen LogP contribution >= 0.6 is 0 Å². The van der Waals surface area contributed by atoms with E-state index in [1.807, 2.05) is 24.3 Å². The van der Waals surface area contributed by atoms with Crippen LogP contribution in [0.15, 0.2) is 48.2 Å². The van der Waals surface area contributed by atoms with E-state index in [1.54, 1.807) is 0 Å². The van der Waals surface area contributed by atoms with Crippen molar-refractivity contribution in [3.63, 3.8) is 0 Å². The van der Waals surface area contributed by atoms with Crippen molar-refractivity contribution >= 4 is 0 Å². The Bertz CT molecular complexity index is 219. The number of hydrogen-bond donors (Lipinski definition) is 1. The minimum absolute atomic E-state index is 0.828. The van der Waals surface area contributed by atoms with E-state index in [0.717, 1.165) is 17.7 Å². The van der Waals surface area contributed by atoms with Gasteiger partial charge >= 0.3 is 0 Å². The van der Waals surface area contributed by atoms with Crippen LogP contribution in [-0.2, 0) is 0 Å². The summed E-state index contributed by atoms with van der Waals surface area (Å²) >= 11 is 0. The molecule has 52 valence electrons. The summed E-state index contributed by atoms with van der Waals surface area (Å²) in [7, 11) is 0. The van der Waals surface area contributed by atoms with Crippen molar-refractivity contribution < 1.29 is 0 Å². The van der Waals surface area contributed by atoms with Gasteiger partial charge in [0.2, 0.25) is 0 Å². The van der Waals surface area contributed by atoms with Crippen LogP contribution in [0.5, 0.6) is 0 Å². The molecule has 0 aromatic rings. The van der Waals surface area contributed by atoms with Crippen molar-refractivity contribution in [1.29, 1.82) is 0 Å². The summed E-state index contributed by atoms with van der Waals surface area (Å²) < 4.78 is 0. The van der Waals surface area contributed by atoms with Gasteiger partial charge in [0, 0.05) is 12.1 Å². The fourth-order valence-electron chi connectivity index (χ4n) is 0.806. The van der Waals surface area contributed by atoms with Crippen molar-refractivity contribution in [2.45, 2.75) is 6.42 Å². The number of rotatable bonds is 1. The molecule has 0 aromatic carbocycles. The molecule has 0 saturated heterocycles. The van der Waals surface area contributed by atoms with E-state index in [1.165, 1.54) is 0 Å². The largest absolute Gasteiger partial charge is 0.402 e. The van der Waals surface area contributed by atoms with Gasteiger partial charge in [0.1, 0.15) is 0 Å². The van der Waals surface area contributed by atoms with Crippen molar-refractivity contribution in [1.82, 2.24) is 0 Å². The van der Waals surface area contributed by atoms with Gasteiger partial charge in [-0.3, -0.25) is 0 Å². The highest BCUT2D eigenvalue weighted by Gasteiger charge is 1.91. The third-order valence-electron chi connectivity index (χ3n) is 1.41. The average molecular weight is 133 g/mol. The molecule has 0 atom stereocenters. The van der Waals surface area contributed by atoms with Gasteiger partial charge in [0.25, 0.3) is 0 Å². The Morgan fingerprint density at radius 3 is 3.10 bits per heavy atom. The monoisotopic (exact) mass is 133 g/mol. The molecule has 0 radical (unpaired) electrons. The second kappa shape index (κ2) is 3.06. The molecule has 2 N–H and O–H groups in total. The van der Waals surface area contributed by atoms with E-state index >= 15 is 0 Å². The van der Waals surface area contributed by atoms with E-state index in [-0.39, 0.29) is 0 Å². The first kappa shape index (κ1) is 6.87. The van der Waals surface area contributed by atoms with Crippen LogP contribution in [0.4, 0.5) is 0 Å². The second-order valence-corrected chi connectivity index (χ2v) is 2.21. The van der Waals surface area contributed by atoms with E-state index < -0.39 is 0 Å². The highest BCUT2D eigenvalue weighted by atomic mass is 14.6. The maximum atomic E-state index is 5.58. The third kappa shape index (κ3) is 1.62. The summed E-state index contributed by atoms with van der Waals surface area (Å²) in [6, 6.07) is 0. The van der Waals surface area contributed by atoms with Gasteiger partial charge in [0.15, 0.2) is 0 Å². The summed E-state index contributed by atoms with van der Waals surface area (Å²) in [6.45, 7) is 3.67. The Morgan fingerprint density at radius 1 is 1.60 bits per heavy atom. The molecule has 0 aromatic heterocycles. The lowest BCUT2D eigenvalue weighted by atomic mass is 10.2. The van der Waals surface area contributed by atoms with Crippen LogP contribution in [0.2, 0.25) is 0 Å². The van der Waals surface area contributed by atoms with Gasteiger partial charge in [-0.15, -0.1) is 0 Å². The predicted octanol–water partition coefficient (Wildman–Crippen LogP) is 1.90. The zero-order chi connectivity index (χ0) is 7.40. The minimum Gasteiger partial charge on any atom is -0.402 e. The molecule has 0 fully saturated rings. The van der Waals surface area contributed by atoms with Crippen LogP contribution in [0.25, 0.3) is 0 Å². The molecule has 0 unspecified atom stereocenters. The van der Waals surface area contributed by atoms with E-state index in [0.29, 0.717) is 0 Å². The molecule has 1 rings (SSSR count). The van der Waals surface area contributed by atoms with Crippen LogP contribution in [0, 0.1) is 0 Å². The quantitative estimate of drug-likeness (QED) is 0.581. The number of allylic oxidation sites excluding steroid dienone is 6. The first-order valence-electron chi connectivity index (χ1n) is 3.28. The van der Waals surface area contributed by atoms with Crippen molar-refractivity contribution in [3.05, 3.63) is 48.2 Å². The Kier molecular flexibility index (Phi) is 2.11. The minimum atomic E-state index is 0.828. The fraction of sp³-hybridized carbons (Fsp3) is 0.111. The Balaban J connectivity index is 2.78. The van der Waals surface area contributed by atoms with Gasteiger partial charge in [0.05, 0.1) is 0 Å². The molecule has 1 heteroatoms. The lowest BCUT2D eigenvalue weighted by Crippen LogP contribution is -1.93. The van der Waals surface area contributed by atoms with Gasteiger partial charge in [-0.25, -0.2) is 0 Å². The molecular weight excluding hydrogens is 122 g/mol. The fourth-order valence-corrected chi connectivity index (χ4v) is 0.806. The summed E-state index contributed by atoms with van der Waals surface area (Å²) in [6.07, 6.45) is 10.6. The zero-order valence-corrected chi connectivity index (χ0v) is 5.88. The van der Waals surface area contributed by atoms with Crippen LogP contribution in [-0.4, -0.2) is 0 Å². The van der Waals surface area contributed by atoms with E-state index in [4.69, 9.17) is 5.73 Å². The maximum Gasteiger partial charge on any atom is 0.0119 e. The van der Waals surface area contributed by atoms with E-state index in [2.05, 4.69) is 12.7 Å². The van der Waals surface area contributed by atoms with Gasteiger partial charge in [-0.1, -0.05) is 30.9 Å². The SMILES string of the molecule is C=CC1=CCC(N)=CC=C1. The van der Waals surface area contributed by atoms with Crippen molar-refractivity contribution in [2.75, 3.05) is 0 Å². The van der Waals surface area contributed by atoms with Crippen molar-refractivity contribution in [2.24, 2.45) is 5.73 Å². The van der Waals surface area contributed by atoms with Crippen LogP contribution < -0.4 is 5.73 Å². The normalized spacial score (nSPS) is 17.2. The lowest BCUT2D eigenvalue weighted by molar-refractivity contribution is 1.17. The third-order valence-corrected chi connectivity index (χ3v) is 1.41. The number of hydrogen-bond acceptors (Lipinski definition) is 1. The summed E-state index contributed by atoms with van der Waals surface area (Å²) in [4.78, 5) is 0. The molecule has 0 amide bonds. The molecule has 1 aliphatic carbocycles. The lowest BCUT2D eigenvalue weighted by Gasteiger charge is -1.91. The Labute approximate surface area is 61.2 Å². The highest BCUT2D eigenvalue weighted by Crippen LogP contribution is 2.07. The number of nitrogens with two attached hydrogens (primary N) is 1. The molecule has 0 aliphatic heterocycles. The Hall–Kier alpha value is -1.24. The van der Waals surface area contributed by atoms with Gasteiger partial charge < -0.3 is 5.73 Å². The topological polar surface area (TPSA) is 26.0 Å². The first-order chi connectivity index (χ1) is 4.83. The summed E-state index contributed by atoms with van der Waals surface area (Å²) in [5.41, 5.74) is 7.61.